The zero-order valence-electron chi connectivity index (χ0n) is 14.1. The molecule has 0 spiro atoms. The fraction of sp³-hybridized carbons (Fsp3) is 0.0952. The Kier molecular flexibility index (Phi) is 5.51. The lowest BCUT2D eigenvalue weighted by Gasteiger charge is -2.15. The quantitative estimate of drug-likeness (QED) is 0.479. The van der Waals surface area contributed by atoms with Crippen LogP contribution in [0.3, 0.4) is 0 Å². The standard InChI is InChI=1S/C21H19BrN2S/c1-14-12-18(22)13-15(2)20(14)24-21(25)23-19-10-8-17(9-11-19)16-6-4-3-5-7-16/h3-13H,1-2H3,(H2,23,24,25). The largest absolute Gasteiger partial charge is 0.332 e. The maximum absolute atomic E-state index is 5.46. The van der Waals surface area contributed by atoms with E-state index in [0.717, 1.165) is 27.0 Å². The first-order valence-corrected chi connectivity index (χ1v) is 9.23. The van der Waals surface area contributed by atoms with Gasteiger partial charge in [-0.3, -0.25) is 0 Å². The van der Waals surface area contributed by atoms with Crippen molar-refractivity contribution < 1.29 is 0 Å². The van der Waals surface area contributed by atoms with Crippen LogP contribution in [0, 0.1) is 13.8 Å². The lowest BCUT2D eigenvalue weighted by molar-refractivity contribution is 1.36. The predicted octanol–water partition coefficient (Wildman–Crippen LogP) is 6.54. The Balaban J connectivity index is 1.70. The zero-order chi connectivity index (χ0) is 17.8. The van der Waals surface area contributed by atoms with Crippen LogP contribution in [0.4, 0.5) is 11.4 Å². The van der Waals surface area contributed by atoms with E-state index in [2.05, 4.69) is 76.8 Å². The van der Waals surface area contributed by atoms with Crippen LogP contribution in [-0.4, -0.2) is 5.11 Å². The van der Waals surface area contributed by atoms with Gasteiger partial charge >= 0.3 is 0 Å². The topological polar surface area (TPSA) is 24.1 Å². The van der Waals surface area contributed by atoms with E-state index >= 15 is 0 Å². The molecule has 0 aliphatic carbocycles. The Bertz CT molecular complexity index is 867. The highest BCUT2D eigenvalue weighted by molar-refractivity contribution is 9.10. The fourth-order valence-electron chi connectivity index (χ4n) is 2.76. The Morgan fingerprint density at radius 2 is 1.36 bits per heavy atom. The first kappa shape index (κ1) is 17.6. The first-order valence-electron chi connectivity index (χ1n) is 8.03. The van der Waals surface area contributed by atoms with Gasteiger partial charge in [0.25, 0.3) is 0 Å². The van der Waals surface area contributed by atoms with Gasteiger partial charge in [-0.15, -0.1) is 0 Å². The minimum Gasteiger partial charge on any atom is -0.332 e. The van der Waals surface area contributed by atoms with E-state index in [9.17, 15) is 0 Å². The summed E-state index contributed by atoms with van der Waals surface area (Å²) >= 11 is 8.98. The van der Waals surface area contributed by atoms with Crippen LogP contribution in [0.2, 0.25) is 0 Å². The van der Waals surface area contributed by atoms with Crippen LogP contribution in [-0.2, 0) is 0 Å². The molecule has 0 amide bonds. The van der Waals surface area contributed by atoms with Crippen molar-refractivity contribution in [3.05, 3.63) is 82.3 Å². The highest BCUT2D eigenvalue weighted by Crippen LogP contribution is 2.26. The fourth-order valence-corrected chi connectivity index (χ4v) is 3.67. The third kappa shape index (κ3) is 4.47. The molecule has 0 saturated carbocycles. The molecule has 126 valence electrons. The molecule has 0 fully saturated rings. The molecule has 3 aromatic carbocycles. The molecule has 0 radical (unpaired) electrons. The summed E-state index contributed by atoms with van der Waals surface area (Å²) in [6.07, 6.45) is 0. The van der Waals surface area contributed by atoms with Crippen molar-refractivity contribution in [2.24, 2.45) is 0 Å². The summed E-state index contributed by atoms with van der Waals surface area (Å²) in [7, 11) is 0. The minimum atomic E-state index is 0.584. The average molecular weight is 411 g/mol. The van der Waals surface area contributed by atoms with Crippen LogP contribution >= 0.6 is 28.1 Å². The number of anilines is 2. The number of benzene rings is 3. The Labute approximate surface area is 162 Å². The number of nitrogens with one attached hydrogen (secondary N) is 2. The van der Waals surface area contributed by atoms with E-state index < -0.39 is 0 Å². The van der Waals surface area contributed by atoms with Gasteiger partial charge in [-0.1, -0.05) is 58.4 Å². The van der Waals surface area contributed by atoms with Gasteiger partial charge in [0, 0.05) is 15.8 Å². The summed E-state index contributed by atoms with van der Waals surface area (Å²) in [5.41, 5.74) is 6.69. The van der Waals surface area contributed by atoms with Gasteiger partial charge in [-0.25, -0.2) is 0 Å². The maximum Gasteiger partial charge on any atom is 0.175 e. The zero-order valence-corrected chi connectivity index (χ0v) is 16.5. The molecule has 25 heavy (non-hydrogen) atoms. The Morgan fingerprint density at radius 1 is 0.800 bits per heavy atom. The van der Waals surface area contributed by atoms with E-state index in [-0.39, 0.29) is 0 Å². The van der Waals surface area contributed by atoms with Gasteiger partial charge in [-0.05, 0) is 72.6 Å². The van der Waals surface area contributed by atoms with Crippen molar-refractivity contribution in [3.8, 4) is 11.1 Å². The van der Waals surface area contributed by atoms with Crippen LogP contribution in [0.5, 0.6) is 0 Å². The van der Waals surface area contributed by atoms with Crippen molar-refractivity contribution in [3.63, 3.8) is 0 Å². The van der Waals surface area contributed by atoms with Gasteiger partial charge in [-0.2, -0.15) is 0 Å². The Hall–Kier alpha value is -2.17. The summed E-state index contributed by atoms with van der Waals surface area (Å²) < 4.78 is 1.07. The molecule has 0 aliphatic rings. The number of halogens is 1. The summed E-state index contributed by atoms with van der Waals surface area (Å²) in [6.45, 7) is 4.13. The summed E-state index contributed by atoms with van der Waals surface area (Å²) in [6, 6.07) is 22.7. The van der Waals surface area contributed by atoms with E-state index in [1.165, 1.54) is 11.1 Å². The van der Waals surface area contributed by atoms with E-state index in [1.54, 1.807) is 0 Å². The molecule has 0 unspecified atom stereocenters. The van der Waals surface area contributed by atoms with Crippen LogP contribution in [0.15, 0.2) is 71.2 Å². The van der Waals surface area contributed by atoms with Crippen molar-refractivity contribution in [2.45, 2.75) is 13.8 Å². The lowest BCUT2D eigenvalue weighted by Crippen LogP contribution is -2.20. The van der Waals surface area contributed by atoms with Crippen molar-refractivity contribution in [1.29, 1.82) is 0 Å². The SMILES string of the molecule is Cc1cc(Br)cc(C)c1NC(=S)Nc1ccc(-c2ccccc2)cc1. The summed E-state index contributed by atoms with van der Waals surface area (Å²) in [5, 5.41) is 7.13. The summed E-state index contributed by atoms with van der Waals surface area (Å²) in [4.78, 5) is 0. The third-order valence-corrected chi connectivity index (χ3v) is 4.65. The van der Waals surface area contributed by atoms with E-state index in [0.29, 0.717) is 5.11 Å². The molecule has 0 aliphatic heterocycles. The molecular formula is C21H19BrN2S. The van der Waals surface area contributed by atoms with Gasteiger partial charge in [0.05, 0.1) is 0 Å². The molecule has 3 aromatic rings. The van der Waals surface area contributed by atoms with Crippen LogP contribution in [0.1, 0.15) is 11.1 Å². The first-order chi connectivity index (χ1) is 12.0. The highest BCUT2D eigenvalue weighted by Gasteiger charge is 2.07. The number of hydrogen-bond donors (Lipinski definition) is 2. The highest BCUT2D eigenvalue weighted by atomic mass is 79.9. The van der Waals surface area contributed by atoms with Crippen molar-refractivity contribution in [2.75, 3.05) is 10.6 Å². The second-order valence-electron chi connectivity index (χ2n) is 5.94. The molecule has 2 nitrogen and oxygen atoms in total. The molecule has 0 saturated heterocycles. The summed E-state index contributed by atoms with van der Waals surface area (Å²) in [5.74, 6) is 0. The number of thiocarbonyl (C=S) groups is 1. The number of hydrogen-bond acceptors (Lipinski definition) is 1. The monoisotopic (exact) mass is 410 g/mol. The van der Waals surface area contributed by atoms with Gasteiger partial charge in [0.15, 0.2) is 5.11 Å². The molecule has 0 bridgehead atoms. The maximum atomic E-state index is 5.46. The molecule has 0 aromatic heterocycles. The van der Waals surface area contributed by atoms with Crippen molar-refractivity contribution in [1.82, 2.24) is 0 Å². The molecular weight excluding hydrogens is 392 g/mol. The van der Waals surface area contributed by atoms with Gasteiger partial charge in [0.2, 0.25) is 0 Å². The molecule has 3 rings (SSSR count). The second-order valence-corrected chi connectivity index (χ2v) is 7.26. The molecule has 4 heteroatoms. The second kappa shape index (κ2) is 7.81. The van der Waals surface area contributed by atoms with Gasteiger partial charge in [0.1, 0.15) is 0 Å². The smallest absolute Gasteiger partial charge is 0.175 e. The number of aryl methyl sites for hydroxylation is 2. The molecule has 2 N–H and O–H groups in total. The normalized spacial score (nSPS) is 10.4. The Morgan fingerprint density at radius 3 is 1.96 bits per heavy atom. The minimum absolute atomic E-state index is 0.584. The lowest BCUT2D eigenvalue weighted by atomic mass is 10.1. The van der Waals surface area contributed by atoms with Crippen LogP contribution in [0.25, 0.3) is 11.1 Å². The predicted molar refractivity (Wildman–Crippen MR) is 115 cm³/mol. The van der Waals surface area contributed by atoms with E-state index in [1.807, 2.05) is 30.3 Å². The van der Waals surface area contributed by atoms with E-state index in [4.69, 9.17) is 12.2 Å². The van der Waals surface area contributed by atoms with Gasteiger partial charge < -0.3 is 10.6 Å². The van der Waals surface area contributed by atoms with Crippen molar-refractivity contribution >= 4 is 44.6 Å². The molecule has 0 heterocycles. The third-order valence-electron chi connectivity index (χ3n) is 3.99. The van der Waals surface area contributed by atoms with Crippen LogP contribution < -0.4 is 10.6 Å². The average Bonchev–Trinajstić information content (AvgIpc) is 2.59. The number of rotatable bonds is 3. The molecule has 0 atom stereocenters.